The van der Waals surface area contributed by atoms with Gasteiger partial charge in [0.1, 0.15) is 11.9 Å². The van der Waals surface area contributed by atoms with E-state index in [9.17, 15) is 9.50 Å². The van der Waals surface area contributed by atoms with Crippen LogP contribution in [0.3, 0.4) is 0 Å². The lowest BCUT2D eigenvalue weighted by atomic mass is 10.1. The second kappa shape index (κ2) is 5.02. The molecule has 0 radical (unpaired) electrons. The van der Waals surface area contributed by atoms with E-state index in [1.807, 2.05) is 10.9 Å². The Morgan fingerprint density at radius 2 is 2.26 bits per heavy atom. The summed E-state index contributed by atoms with van der Waals surface area (Å²) in [4.78, 5) is 3.93. The van der Waals surface area contributed by atoms with E-state index in [-0.39, 0.29) is 0 Å². The van der Waals surface area contributed by atoms with Crippen molar-refractivity contribution in [3.8, 4) is 0 Å². The standard InChI is InChI=1S/C13H13BrFN3O/c14-11-3-10(15)5-16-12(11)13(19)9-4-17-18(7-9)6-8-1-2-8/h3-5,7-8,13,19H,1-2,6H2. The van der Waals surface area contributed by atoms with Crippen molar-refractivity contribution in [3.05, 3.63) is 46.2 Å². The van der Waals surface area contributed by atoms with Crippen molar-refractivity contribution in [2.45, 2.75) is 25.5 Å². The van der Waals surface area contributed by atoms with Crippen LogP contribution in [0.2, 0.25) is 0 Å². The third-order valence-electron chi connectivity index (χ3n) is 3.21. The van der Waals surface area contributed by atoms with Crippen LogP contribution in [-0.4, -0.2) is 19.9 Å². The molecule has 1 unspecified atom stereocenters. The second-order valence-corrected chi connectivity index (χ2v) is 5.72. The predicted molar refractivity (Wildman–Crippen MR) is 70.9 cm³/mol. The molecule has 0 aliphatic heterocycles. The summed E-state index contributed by atoms with van der Waals surface area (Å²) in [6, 6.07) is 1.29. The number of hydrogen-bond donors (Lipinski definition) is 1. The zero-order valence-electron chi connectivity index (χ0n) is 10.1. The predicted octanol–water partition coefficient (Wildman–Crippen LogP) is 2.67. The fourth-order valence-corrected chi connectivity index (χ4v) is 2.51. The highest BCUT2D eigenvalue weighted by molar-refractivity contribution is 9.10. The Balaban J connectivity index is 1.81. The van der Waals surface area contributed by atoms with Crippen LogP contribution < -0.4 is 0 Å². The molecule has 1 aliphatic rings. The maximum Gasteiger partial charge on any atom is 0.142 e. The maximum absolute atomic E-state index is 13.0. The summed E-state index contributed by atoms with van der Waals surface area (Å²) in [6.45, 7) is 0.894. The van der Waals surface area contributed by atoms with Gasteiger partial charge in [0.15, 0.2) is 0 Å². The van der Waals surface area contributed by atoms with Crippen molar-refractivity contribution in [2.75, 3.05) is 0 Å². The fraction of sp³-hybridized carbons (Fsp3) is 0.385. The quantitative estimate of drug-likeness (QED) is 0.940. The van der Waals surface area contributed by atoms with Crippen molar-refractivity contribution in [1.82, 2.24) is 14.8 Å². The summed E-state index contributed by atoms with van der Waals surface area (Å²) in [5.74, 6) is 0.285. The molecule has 1 N–H and O–H groups in total. The van der Waals surface area contributed by atoms with Gasteiger partial charge in [0.2, 0.25) is 0 Å². The van der Waals surface area contributed by atoms with Crippen LogP contribution in [-0.2, 0) is 6.54 Å². The summed E-state index contributed by atoms with van der Waals surface area (Å²) < 4.78 is 15.3. The van der Waals surface area contributed by atoms with Gasteiger partial charge < -0.3 is 5.11 Å². The topological polar surface area (TPSA) is 50.9 Å². The van der Waals surface area contributed by atoms with Crippen molar-refractivity contribution in [3.63, 3.8) is 0 Å². The molecule has 2 aromatic heterocycles. The van der Waals surface area contributed by atoms with Crippen LogP contribution in [0.25, 0.3) is 0 Å². The molecular formula is C13H13BrFN3O. The SMILES string of the molecule is OC(c1cnn(CC2CC2)c1)c1ncc(F)cc1Br. The van der Waals surface area contributed by atoms with Crippen LogP contribution in [0.1, 0.15) is 30.2 Å². The number of hydrogen-bond acceptors (Lipinski definition) is 3. The highest BCUT2D eigenvalue weighted by atomic mass is 79.9. The number of aliphatic hydroxyl groups excluding tert-OH is 1. The Hall–Kier alpha value is -1.27. The number of aliphatic hydroxyl groups is 1. The third-order valence-corrected chi connectivity index (χ3v) is 3.84. The number of aromatic nitrogens is 3. The minimum absolute atomic E-state index is 0.396. The van der Waals surface area contributed by atoms with E-state index in [1.54, 1.807) is 6.20 Å². The summed E-state index contributed by atoms with van der Waals surface area (Å²) in [6.07, 6.45) is 6.15. The number of pyridine rings is 1. The summed E-state index contributed by atoms with van der Waals surface area (Å²) in [5.41, 5.74) is 1.06. The molecule has 2 heterocycles. The Kier molecular flexibility index (Phi) is 3.36. The first kappa shape index (κ1) is 12.7. The minimum Gasteiger partial charge on any atom is -0.382 e. The number of halogens is 2. The first-order valence-electron chi connectivity index (χ1n) is 6.15. The van der Waals surface area contributed by atoms with Gasteiger partial charge in [-0.15, -0.1) is 0 Å². The van der Waals surface area contributed by atoms with Gasteiger partial charge >= 0.3 is 0 Å². The van der Waals surface area contributed by atoms with Gasteiger partial charge in [0.05, 0.1) is 18.1 Å². The Morgan fingerprint density at radius 3 is 2.95 bits per heavy atom. The van der Waals surface area contributed by atoms with E-state index in [1.165, 1.54) is 18.9 Å². The van der Waals surface area contributed by atoms with Crippen molar-refractivity contribution in [1.29, 1.82) is 0 Å². The normalized spacial score (nSPS) is 16.6. The lowest BCUT2D eigenvalue weighted by Crippen LogP contribution is -2.04. The Morgan fingerprint density at radius 1 is 1.47 bits per heavy atom. The zero-order chi connectivity index (χ0) is 13.4. The largest absolute Gasteiger partial charge is 0.382 e. The molecule has 19 heavy (non-hydrogen) atoms. The molecule has 4 nitrogen and oxygen atoms in total. The summed E-state index contributed by atoms with van der Waals surface area (Å²) in [5, 5.41) is 14.5. The minimum atomic E-state index is -0.900. The molecule has 3 rings (SSSR count). The number of rotatable bonds is 4. The van der Waals surface area contributed by atoms with Crippen LogP contribution in [0.4, 0.5) is 4.39 Å². The molecule has 0 aromatic carbocycles. The van der Waals surface area contributed by atoms with E-state index in [4.69, 9.17) is 0 Å². The van der Waals surface area contributed by atoms with E-state index in [0.717, 1.165) is 18.7 Å². The van der Waals surface area contributed by atoms with Crippen LogP contribution >= 0.6 is 15.9 Å². The van der Waals surface area contributed by atoms with Crippen molar-refractivity contribution >= 4 is 15.9 Å². The van der Waals surface area contributed by atoms with Gasteiger partial charge in [-0.3, -0.25) is 9.67 Å². The molecule has 1 saturated carbocycles. The molecular weight excluding hydrogens is 313 g/mol. The highest BCUT2D eigenvalue weighted by Crippen LogP contribution is 2.31. The van der Waals surface area contributed by atoms with Gasteiger partial charge in [0, 0.05) is 22.8 Å². The molecule has 100 valence electrons. The van der Waals surface area contributed by atoms with Crippen molar-refractivity contribution < 1.29 is 9.50 Å². The average Bonchev–Trinajstić information content (AvgIpc) is 3.04. The maximum atomic E-state index is 13.0. The van der Waals surface area contributed by atoms with Crippen LogP contribution in [0.15, 0.2) is 29.1 Å². The fourth-order valence-electron chi connectivity index (χ4n) is 1.97. The van der Waals surface area contributed by atoms with Crippen LogP contribution in [0, 0.1) is 11.7 Å². The molecule has 0 amide bonds. The molecule has 0 spiro atoms. The Bertz CT molecular complexity index is 597. The van der Waals surface area contributed by atoms with E-state index in [0.29, 0.717) is 15.7 Å². The second-order valence-electron chi connectivity index (χ2n) is 4.86. The van der Waals surface area contributed by atoms with Crippen molar-refractivity contribution in [2.24, 2.45) is 5.92 Å². The van der Waals surface area contributed by atoms with E-state index in [2.05, 4.69) is 26.0 Å². The average molecular weight is 326 g/mol. The van der Waals surface area contributed by atoms with E-state index < -0.39 is 11.9 Å². The highest BCUT2D eigenvalue weighted by Gasteiger charge is 2.23. The van der Waals surface area contributed by atoms with Gasteiger partial charge in [-0.25, -0.2) is 4.39 Å². The smallest absolute Gasteiger partial charge is 0.142 e. The molecule has 2 aromatic rings. The summed E-state index contributed by atoms with van der Waals surface area (Å²) >= 11 is 3.21. The lowest BCUT2D eigenvalue weighted by Gasteiger charge is -2.09. The van der Waals surface area contributed by atoms with Gasteiger partial charge in [-0.2, -0.15) is 5.10 Å². The molecule has 6 heteroatoms. The molecule has 0 bridgehead atoms. The van der Waals surface area contributed by atoms with Gasteiger partial charge in [-0.1, -0.05) is 0 Å². The molecule has 1 atom stereocenters. The monoisotopic (exact) mass is 325 g/mol. The van der Waals surface area contributed by atoms with E-state index >= 15 is 0 Å². The lowest BCUT2D eigenvalue weighted by molar-refractivity contribution is 0.214. The third kappa shape index (κ3) is 2.84. The Labute approximate surface area is 118 Å². The molecule has 0 saturated heterocycles. The van der Waals surface area contributed by atoms with Gasteiger partial charge in [0.25, 0.3) is 0 Å². The molecule has 1 fully saturated rings. The number of nitrogens with zero attached hydrogens (tertiary/aromatic N) is 3. The van der Waals surface area contributed by atoms with Crippen LogP contribution in [0.5, 0.6) is 0 Å². The zero-order valence-corrected chi connectivity index (χ0v) is 11.7. The molecule has 1 aliphatic carbocycles. The van der Waals surface area contributed by atoms with Gasteiger partial charge in [-0.05, 0) is 40.8 Å². The first-order chi connectivity index (χ1) is 9.13. The summed E-state index contributed by atoms with van der Waals surface area (Å²) in [7, 11) is 0. The first-order valence-corrected chi connectivity index (χ1v) is 6.94.